The van der Waals surface area contributed by atoms with Gasteiger partial charge in [0.05, 0.1) is 25.3 Å². The average molecular weight is 421 g/mol. The number of carbonyl (C=O) groups is 1. The molecular weight excluding hydrogens is 399 g/mol. The fraction of sp³-hybridized carbons (Fsp3) is 0.350. The zero-order valence-electron chi connectivity index (χ0n) is 14.6. The second-order valence-electron chi connectivity index (χ2n) is 6.49. The van der Waals surface area contributed by atoms with Crippen molar-refractivity contribution in [3.05, 3.63) is 69.9 Å². The highest BCUT2D eigenvalue weighted by atomic mass is 79.9. The van der Waals surface area contributed by atoms with E-state index in [1.165, 1.54) is 12.1 Å². The molecule has 0 bridgehead atoms. The zero-order chi connectivity index (χ0) is 18.5. The van der Waals surface area contributed by atoms with Crippen molar-refractivity contribution < 1.29 is 13.9 Å². The van der Waals surface area contributed by atoms with Crippen molar-refractivity contribution in [2.24, 2.45) is 0 Å². The number of amides is 1. The Morgan fingerprint density at radius 1 is 1.27 bits per heavy atom. The van der Waals surface area contributed by atoms with Crippen LogP contribution in [0.4, 0.5) is 4.39 Å². The van der Waals surface area contributed by atoms with E-state index in [4.69, 9.17) is 4.74 Å². The minimum absolute atomic E-state index is 0.0137. The summed E-state index contributed by atoms with van der Waals surface area (Å²) in [5.74, 6) is -0.275. The van der Waals surface area contributed by atoms with Gasteiger partial charge in [0.2, 0.25) is 5.91 Å². The molecule has 0 spiro atoms. The van der Waals surface area contributed by atoms with Gasteiger partial charge in [-0.1, -0.05) is 40.2 Å². The summed E-state index contributed by atoms with van der Waals surface area (Å²) in [6.07, 6.45) is -0.138. The van der Waals surface area contributed by atoms with Crippen LogP contribution in [0.25, 0.3) is 0 Å². The van der Waals surface area contributed by atoms with Crippen LogP contribution in [0.1, 0.15) is 30.2 Å². The molecule has 1 aliphatic rings. The molecule has 2 unspecified atom stereocenters. The normalized spacial score (nSPS) is 19.1. The van der Waals surface area contributed by atoms with Gasteiger partial charge in [-0.2, -0.15) is 0 Å². The second kappa shape index (κ2) is 8.75. The van der Waals surface area contributed by atoms with E-state index in [1.54, 1.807) is 12.1 Å². The Kier molecular flexibility index (Phi) is 6.40. The SMILES string of the molecule is CC(NC(=O)CN1CCOC(c2ccc(F)cc2)C1)c1ccc(Br)cc1. The molecule has 2 aromatic carbocycles. The van der Waals surface area contributed by atoms with Crippen LogP contribution in [-0.2, 0) is 9.53 Å². The van der Waals surface area contributed by atoms with E-state index < -0.39 is 0 Å². The number of hydrogen-bond acceptors (Lipinski definition) is 3. The third kappa shape index (κ3) is 5.13. The highest BCUT2D eigenvalue weighted by Crippen LogP contribution is 2.22. The minimum Gasteiger partial charge on any atom is -0.371 e. The van der Waals surface area contributed by atoms with E-state index in [-0.39, 0.29) is 23.9 Å². The van der Waals surface area contributed by atoms with Crippen LogP contribution < -0.4 is 5.32 Å². The predicted molar refractivity (Wildman–Crippen MR) is 102 cm³/mol. The first-order valence-electron chi connectivity index (χ1n) is 8.65. The molecule has 2 aromatic rings. The van der Waals surface area contributed by atoms with Crippen molar-refractivity contribution >= 4 is 21.8 Å². The summed E-state index contributed by atoms with van der Waals surface area (Å²) in [7, 11) is 0. The van der Waals surface area contributed by atoms with Crippen LogP contribution in [0.3, 0.4) is 0 Å². The molecule has 1 saturated heterocycles. The van der Waals surface area contributed by atoms with Crippen LogP contribution in [0, 0.1) is 5.82 Å². The molecule has 1 amide bonds. The molecule has 1 fully saturated rings. The fourth-order valence-corrected chi connectivity index (χ4v) is 3.31. The quantitative estimate of drug-likeness (QED) is 0.798. The first-order chi connectivity index (χ1) is 12.5. The number of nitrogens with zero attached hydrogens (tertiary/aromatic N) is 1. The molecule has 1 heterocycles. The number of morpholine rings is 1. The summed E-state index contributed by atoms with van der Waals surface area (Å²) in [6.45, 7) is 4.17. The lowest BCUT2D eigenvalue weighted by atomic mass is 10.1. The lowest BCUT2D eigenvalue weighted by Gasteiger charge is -2.33. The molecule has 0 aliphatic carbocycles. The molecule has 1 aliphatic heterocycles. The monoisotopic (exact) mass is 420 g/mol. The maximum Gasteiger partial charge on any atom is 0.234 e. The van der Waals surface area contributed by atoms with Crippen LogP contribution >= 0.6 is 15.9 Å². The van der Waals surface area contributed by atoms with Gasteiger partial charge in [0, 0.05) is 17.6 Å². The molecule has 0 saturated carbocycles. The van der Waals surface area contributed by atoms with Crippen molar-refractivity contribution in [2.75, 3.05) is 26.2 Å². The molecule has 3 rings (SSSR count). The molecule has 0 aromatic heterocycles. The Morgan fingerprint density at radius 2 is 1.96 bits per heavy atom. The first kappa shape index (κ1) is 19.0. The maximum absolute atomic E-state index is 13.1. The van der Waals surface area contributed by atoms with Gasteiger partial charge in [-0.15, -0.1) is 0 Å². The van der Waals surface area contributed by atoms with Gasteiger partial charge in [-0.25, -0.2) is 4.39 Å². The summed E-state index contributed by atoms with van der Waals surface area (Å²) in [5, 5.41) is 3.04. The Bertz CT molecular complexity index is 736. The molecule has 0 radical (unpaired) electrons. The summed E-state index contributed by atoms with van der Waals surface area (Å²) in [5.41, 5.74) is 1.99. The number of benzene rings is 2. The van der Waals surface area contributed by atoms with E-state index >= 15 is 0 Å². The minimum atomic E-state index is -0.261. The summed E-state index contributed by atoms with van der Waals surface area (Å²) in [4.78, 5) is 14.5. The van der Waals surface area contributed by atoms with Gasteiger partial charge in [-0.3, -0.25) is 9.69 Å². The number of hydrogen-bond donors (Lipinski definition) is 1. The van der Waals surface area contributed by atoms with Gasteiger partial charge in [0.25, 0.3) is 0 Å². The molecule has 138 valence electrons. The Balaban J connectivity index is 1.53. The van der Waals surface area contributed by atoms with Gasteiger partial charge in [0.1, 0.15) is 5.82 Å². The van der Waals surface area contributed by atoms with Crippen molar-refractivity contribution in [3.63, 3.8) is 0 Å². The fourth-order valence-electron chi connectivity index (χ4n) is 3.05. The Morgan fingerprint density at radius 3 is 2.65 bits per heavy atom. The lowest BCUT2D eigenvalue weighted by molar-refractivity contribution is -0.125. The van der Waals surface area contributed by atoms with E-state index in [0.29, 0.717) is 26.2 Å². The van der Waals surface area contributed by atoms with Crippen molar-refractivity contribution in [2.45, 2.75) is 19.1 Å². The number of nitrogens with one attached hydrogen (secondary N) is 1. The second-order valence-corrected chi connectivity index (χ2v) is 7.40. The Labute approximate surface area is 161 Å². The topological polar surface area (TPSA) is 41.6 Å². The first-order valence-corrected chi connectivity index (χ1v) is 9.45. The van der Waals surface area contributed by atoms with Gasteiger partial charge < -0.3 is 10.1 Å². The number of carbonyl (C=O) groups excluding carboxylic acids is 1. The highest BCUT2D eigenvalue weighted by molar-refractivity contribution is 9.10. The molecule has 4 nitrogen and oxygen atoms in total. The number of rotatable bonds is 5. The van der Waals surface area contributed by atoms with E-state index in [0.717, 1.165) is 15.6 Å². The van der Waals surface area contributed by atoms with Gasteiger partial charge in [0.15, 0.2) is 0 Å². The third-order valence-electron chi connectivity index (χ3n) is 4.51. The molecule has 2 atom stereocenters. The average Bonchev–Trinajstić information content (AvgIpc) is 2.63. The van der Waals surface area contributed by atoms with Crippen LogP contribution in [-0.4, -0.2) is 37.0 Å². The van der Waals surface area contributed by atoms with E-state index in [2.05, 4.69) is 26.1 Å². The third-order valence-corrected chi connectivity index (χ3v) is 5.04. The highest BCUT2D eigenvalue weighted by Gasteiger charge is 2.24. The van der Waals surface area contributed by atoms with Gasteiger partial charge >= 0.3 is 0 Å². The van der Waals surface area contributed by atoms with Crippen LogP contribution in [0.15, 0.2) is 53.0 Å². The summed E-state index contributed by atoms with van der Waals surface area (Å²) in [6, 6.07) is 14.2. The standard InChI is InChI=1S/C20H22BrFN2O2/c1-14(15-2-6-17(21)7-3-15)23-20(25)13-24-10-11-26-19(12-24)16-4-8-18(22)9-5-16/h2-9,14,19H,10-13H2,1H3,(H,23,25). The molecule has 1 N–H and O–H groups in total. The molecule has 6 heteroatoms. The zero-order valence-corrected chi connectivity index (χ0v) is 16.2. The Hall–Kier alpha value is -1.76. The summed E-state index contributed by atoms with van der Waals surface area (Å²) < 4.78 is 19.9. The maximum atomic E-state index is 13.1. The largest absolute Gasteiger partial charge is 0.371 e. The van der Waals surface area contributed by atoms with Crippen molar-refractivity contribution in [1.29, 1.82) is 0 Å². The van der Waals surface area contributed by atoms with Crippen molar-refractivity contribution in [1.82, 2.24) is 10.2 Å². The number of halogens is 2. The van der Waals surface area contributed by atoms with Crippen LogP contribution in [0.2, 0.25) is 0 Å². The van der Waals surface area contributed by atoms with Crippen molar-refractivity contribution in [3.8, 4) is 0 Å². The molecular formula is C20H22BrFN2O2. The predicted octanol–water partition coefficient (Wildman–Crippen LogP) is 3.84. The van der Waals surface area contributed by atoms with E-state index in [9.17, 15) is 9.18 Å². The lowest BCUT2D eigenvalue weighted by Crippen LogP contribution is -2.44. The smallest absolute Gasteiger partial charge is 0.234 e. The van der Waals surface area contributed by atoms with Crippen LogP contribution in [0.5, 0.6) is 0 Å². The number of ether oxygens (including phenoxy) is 1. The summed E-state index contributed by atoms with van der Waals surface area (Å²) >= 11 is 3.41. The van der Waals surface area contributed by atoms with Gasteiger partial charge in [-0.05, 0) is 42.3 Å². The van der Waals surface area contributed by atoms with E-state index in [1.807, 2.05) is 31.2 Å². The molecule has 26 heavy (non-hydrogen) atoms.